The number of fused-ring (bicyclic) bond motifs is 1. The van der Waals surface area contributed by atoms with Crippen LogP contribution in [0.2, 0.25) is 0 Å². The smallest absolute Gasteiger partial charge is 0.393 e. The van der Waals surface area contributed by atoms with Gasteiger partial charge in [-0.05, 0) is 42.4 Å². The van der Waals surface area contributed by atoms with Crippen molar-refractivity contribution in [3.05, 3.63) is 28.8 Å². The molecule has 1 saturated carbocycles. The van der Waals surface area contributed by atoms with Gasteiger partial charge in [-0.15, -0.1) is 0 Å². The van der Waals surface area contributed by atoms with Crippen molar-refractivity contribution in [2.45, 2.75) is 66.6 Å². The maximum atomic E-state index is 14.0. The first-order valence-electron chi connectivity index (χ1n) is 8.07. The fraction of sp³-hybridized carbons (Fsp3) is 0.625. The molecule has 0 spiro atoms. The van der Waals surface area contributed by atoms with Gasteiger partial charge in [-0.25, -0.2) is 17.2 Å². The quantitative estimate of drug-likeness (QED) is 0.748. The molecule has 0 radical (unpaired) electrons. The van der Waals surface area contributed by atoms with Gasteiger partial charge >= 0.3 is 5.51 Å². The van der Waals surface area contributed by atoms with Crippen LogP contribution in [0.15, 0.2) is 17.0 Å². The zero-order valence-electron chi connectivity index (χ0n) is 13.4. The molecule has 1 unspecified atom stereocenters. The monoisotopic (exact) mass is 400 g/mol. The molecule has 0 bridgehead atoms. The summed E-state index contributed by atoms with van der Waals surface area (Å²) in [6, 6.07) is 1.75. The Kier molecular flexibility index (Phi) is 4.60. The highest BCUT2D eigenvalue weighted by Crippen LogP contribution is 2.51. The minimum absolute atomic E-state index is 0.249. The fourth-order valence-corrected chi connectivity index (χ4v) is 4.91. The lowest BCUT2D eigenvalue weighted by Gasteiger charge is -2.28. The Labute approximate surface area is 146 Å². The molecule has 2 N–H and O–H groups in total. The number of aliphatic hydroxyl groups excluding tert-OH is 2. The van der Waals surface area contributed by atoms with E-state index in [2.05, 4.69) is 0 Å². The number of hydrogen-bond donors (Lipinski definition) is 2. The molecule has 3 atom stereocenters. The van der Waals surface area contributed by atoms with Gasteiger partial charge in [-0.2, -0.15) is 13.2 Å². The van der Waals surface area contributed by atoms with Crippen molar-refractivity contribution in [3.8, 4) is 0 Å². The molecule has 0 heterocycles. The van der Waals surface area contributed by atoms with Gasteiger partial charge in [0, 0.05) is 12.0 Å². The van der Waals surface area contributed by atoms with E-state index in [0.717, 1.165) is 6.07 Å². The van der Waals surface area contributed by atoms with E-state index in [0.29, 0.717) is 25.3 Å². The number of halogens is 5. The first-order valence-corrected chi connectivity index (χ1v) is 9.55. The molecule has 1 aromatic rings. The molecule has 1 aromatic carbocycles. The number of benzene rings is 1. The summed E-state index contributed by atoms with van der Waals surface area (Å²) >= 11 is 0. The maximum absolute atomic E-state index is 14.0. The molecule has 0 aliphatic heterocycles. The van der Waals surface area contributed by atoms with Crippen LogP contribution in [0.5, 0.6) is 0 Å². The number of rotatable bonds is 2. The highest BCUT2D eigenvalue weighted by atomic mass is 32.2. The van der Waals surface area contributed by atoms with E-state index in [1.54, 1.807) is 0 Å². The number of sulfone groups is 1. The predicted molar refractivity (Wildman–Crippen MR) is 80.5 cm³/mol. The molecule has 10 heteroatoms. The Hall–Kier alpha value is -1.26. The van der Waals surface area contributed by atoms with E-state index in [4.69, 9.17) is 0 Å². The van der Waals surface area contributed by atoms with Crippen LogP contribution < -0.4 is 0 Å². The summed E-state index contributed by atoms with van der Waals surface area (Å²) in [4.78, 5) is -1.33. The second-order valence-corrected chi connectivity index (χ2v) is 8.76. The van der Waals surface area contributed by atoms with Crippen molar-refractivity contribution in [1.29, 1.82) is 0 Å². The van der Waals surface area contributed by atoms with Gasteiger partial charge < -0.3 is 10.2 Å². The molecule has 0 amide bonds. The SMILES string of the molecule is O=S(=O)(c1ccc(C2CCC[C@H](O)C2)c2c1[C@H](O)C(F)(F)C2)C(F)(F)F. The van der Waals surface area contributed by atoms with Gasteiger partial charge in [0.25, 0.3) is 15.8 Å². The molecule has 4 nitrogen and oxygen atoms in total. The molecule has 26 heavy (non-hydrogen) atoms. The normalized spacial score (nSPS) is 28.8. The largest absolute Gasteiger partial charge is 0.501 e. The Morgan fingerprint density at radius 1 is 1.12 bits per heavy atom. The Morgan fingerprint density at radius 2 is 1.77 bits per heavy atom. The van der Waals surface area contributed by atoms with E-state index in [1.165, 1.54) is 0 Å². The Bertz CT molecular complexity index is 819. The van der Waals surface area contributed by atoms with Gasteiger partial charge in [0.2, 0.25) is 0 Å². The first-order chi connectivity index (χ1) is 11.9. The topological polar surface area (TPSA) is 74.6 Å². The third-order valence-corrected chi connectivity index (χ3v) is 6.66. The Morgan fingerprint density at radius 3 is 2.35 bits per heavy atom. The molecule has 1 fully saturated rings. The minimum Gasteiger partial charge on any atom is -0.393 e. The van der Waals surface area contributed by atoms with E-state index < -0.39 is 50.4 Å². The molecule has 2 aliphatic carbocycles. The average Bonchev–Trinajstić information content (AvgIpc) is 2.75. The standard InChI is InChI=1S/C16H17F5O4S/c17-15(18)7-11-10(8-2-1-3-9(22)6-8)4-5-12(13(11)14(15)23)26(24,25)16(19,20)21/h4-5,8-9,14,22-23H,1-3,6-7H2/t8?,9-,14-/m0/s1. The van der Waals surface area contributed by atoms with Gasteiger partial charge in [0.15, 0.2) is 0 Å². The van der Waals surface area contributed by atoms with E-state index >= 15 is 0 Å². The fourth-order valence-electron chi connectivity index (χ4n) is 3.89. The summed E-state index contributed by atoms with van der Waals surface area (Å²) in [6.07, 6.45) is -2.38. The minimum atomic E-state index is -5.89. The van der Waals surface area contributed by atoms with Crippen LogP contribution in [0.1, 0.15) is 54.4 Å². The van der Waals surface area contributed by atoms with Crippen molar-refractivity contribution >= 4 is 9.84 Å². The number of hydrogen-bond acceptors (Lipinski definition) is 4. The summed E-state index contributed by atoms with van der Waals surface area (Å²) in [5, 5.41) is 19.7. The zero-order chi connectivity index (χ0) is 19.5. The van der Waals surface area contributed by atoms with Crippen LogP contribution in [-0.2, 0) is 16.3 Å². The van der Waals surface area contributed by atoms with Crippen LogP contribution in [0.3, 0.4) is 0 Å². The highest BCUT2D eigenvalue weighted by molar-refractivity contribution is 7.92. The molecule has 146 valence electrons. The highest BCUT2D eigenvalue weighted by Gasteiger charge is 2.55. The van der Waals surface area contributed by atoms with E-state index in [9.17, 15) is 40.6 Å². The molecule has 0 aromatic heterocycles. The summed E-state index contributed by atoms with van der Waals surface area (Å²) < 4.78 is 90.4. The van der Waals surface area contributed by atoms with Gasteiger partial charge in [0.1, 0.15) is 6.10 Å². The third-order valence-electron chi connectivity index (χ3n) is 5.12. The van der Waals surface area contributed by atoms with Crippen LogP contribution in [0, 0.1) is 0 Å². The third kappa shape index (κ3) is 3.01. The lowest BCUT2D eigenvalue weighted by molar-refractivity contribution is -0.0978. The van der Waals surface area contributed by atoms with Crippen LogP contribution in [0.25, 0.3) is 0 Å². The summed E-state index contributed by atoms with van der Waals surface area (Å²) in [6.45, 7) is 0. The second kappa shape index (κ2) is 6.13. The summed E-state index contributed by atoms with van der Waals surface area (Å²) in [5.74, 6) is -4.14. The summed E-state index contributed by atoms with van der Waals surface area (Å²) in [7, 11) is -5.89. The molecule has 0 saturated heterocycles. The molecular weight excluding hydrogens is 383 g/mol. The van der Waals surface area contributed by atoms with Gasteiger partial charge in [-0.3, -0.25) is 0 Å². The van der Waals surface area contributed by atoms with Gasteiger partial charge in [-0.1, -0.05) is 12.5 Å². The predicted octanol–water partition coefficient (Wildman–Crippen LogP) is 3.22. The van der Waals surface area contributed by atoms with Crippen molar-refractivity contribution in [2.24, 2.45) is 0 Å². The number of aliphatic hydroxyl groups is 2. The number of alkyl halides is 5. The lowest BCUT2D eigenvalue weighted by Crippen LogP contribution is -2.27. The van der Waals surface area contributed by atoms with Crippen molar-refractivity contribution < 1.29 is 40.6 Å². The van der Waals surface area contributed by atoms with E-state index in [-0.39, 0.29) is 23.5 Å². The van der Waals surface area contributed by atoms with Crippen molar-refractivity contribution in [3.63, 3.8) is 0 Å². The first kappa shape index (κ1) is 19.5. The molecule has 3 rings (SSSR count). The molecule has 2 aliphatic rings. The van der Waals surface area contributed by atoms with Crippen LogP contribution in [-0.4, -0.2) is 36.2 Å². The van der Waals surface area contributed by atoms with Crippen molar-refractivity contribution in [1.82, 2.24) is 0 Å². The van der Waals surface area contributed by atoms with Crippen LogP contribution >= 0.6 is 0 Å². The molecular formula is C16H17F5O4S. The Balaban J connectivity index is 2.19. The average molecular weight is 400 g/mol. The van der Waals surface area contributed by atoms with Gasteiger partial charge in [0.05, 0.1) is 11.0 Å². The van der Waals surface area contributed by atoms with Crippen LogP contribution in [0.4, 0.5) is 22.0 Å². The van der Waals surface area contributed by atoms with E-state index in [1.807, 2.05) is 0 Å². The maximum Gasteiger partial charge on any atom is 0.501 e. The van der Waals surface area contributed by atoms with Crippen molar-refractivity contribution in [2.75, 3.05) is 0 Å². The summed E-state index contributed by atoms with van der Waals surface area (Å²) in [5.41, 5.74) is -6.52. The zero-order valence-corrected chi connectivity index (χ0v) is 14.2. The lowest BCUT2D eigenvalue weighted by atomic mass is 9.80. The second-order valence-electron chi connectivity index (χ2n) is 6.85.